The first-order valence-electron chi connectivity index (χ1n) is 5.03. The molecule has 2 rings (SSSR count). The van der Waals surface area contributed by atoms with Crippen LogP contribution < -0.4 is 10.5 Å². The lowest BCUT2D eigenvalue weighted by Gasteiger charge is -2.08. The molecule has 4 heteroatoms. The van der Waals surface area contributed by atoms with Crippen LogP contribution in [0.5, 0.6) is 11.6 Å². The van der Waals surface area contributed by atoms with Gasteiger partial charge < -0.3 is 10.5 Å². The molecule has 0 bridgehead atoms. The summed E-state index contributed by atoms with van der Waals surface area (Å²) in [7, 11) is 0. The van der Waals surface area contributed by atoms with Crippen LogP contribution in [0.3, 0.4) is 0 Å². The number of hydrogen-bond acceptors (Lipinski definition) is 4. The molecule has 0 aliphatic carbocycles. The zero-order chi connectivity index (χ0) is 11.4. The highest BCUT2D eigenvalue weighted by Crippen LogP contribution is 2.24. The van der Waals surface area contributed by atoms with Crippen LogP contribution in [0.15, 0.2) is 36.8 Å². The van der Waals surface area contributed by atoms with Crippen LogP contribution in [0, 0.1) is 6.92 Å². The third kappa shape index (κ3) is 2.35. The molecule has 1 aromatic carbocycles. The fourth-order valence-corrected chi connectivity index (χ4v) is 1.33. The quantitative estimate of drug-likeness (QED) is 0.851. The Morgan fingerprint density at radius 1 is 1.31 bits per heavy atom. The average Bonchev–Trinajstić information content (AvgIpc) is 2.33. The minimum Gasteiger partial charge on any atom is -0.439 e. The third-order valence-corrected chi connectivity index (χ3v) is 2.26. The lowest BCUT2D eigenvalue weighted by molar-refractivity contribution is 0.457. The molecule has 0 spiro atoms. The Hall–Kier alpha value is -1.94. The van der Waals surface area contributed by atoms with Gasteiger partial charge in [0.25, 0.3) is 0 Å². The molecular formula is C12H13N3O. The average molecular weight is 215 g/mol. The van der Waals surface area contributed by atoms with E-state index >= 15 is 0 Å². The first-order valence-corrected chi connectivity index (χ1v) is 5.03. The Morgan fingerprint density at radius 2 is 2.19 bits per heavy atom. The van der Waals surface area contributed by atoms with Crippen LogP contribution in [0.2, 0.25) is 0 Å². The van der Waals surface area contributed by atoms with Gasteiger partial charge in [0, 0.05) is 18.8 Å². The molecule has 4 nitrogen and oxygen atoms in total. The molecule has 1 aromatic heterocycles. The van der Waals surface area contributed by atoms with Crippen LogP contribution in [0.1, 0.15) is 11.1 Å². The van der Waals surface area contributed by atoms with Gasteiger partial charge in [-0.3, -0.25) is 0 Å². The Bertz CT molecular complexity index is 471. The van der Waals surface area contributed by atoms with Gasteiger partial charge in [-0.15, -0.1) is 0 Å². The molecule has 2 aromatic rings. The van der Waals surface area contributed by atoms with Gasteiger partial charge in [-0.2, -0.15) is 0 Å². The summed E-state index contributed by atoms with van der Waals surface area (Å²) < 4.78 is 5.64. The third-order valence-electron chi connectivity index (χ3n) is 2.26. The van der Waals surface area contributed by atoms with Gasteiger partial charge in [0.2, 0.25) is 5.88 Å². The summed E-state index contributed by atoms with van der Waals surface area (Å²) in [6, 6.07) is 7.62. The summed E-state index contributed by atoms with van der Waals surface area (Å²) in [6.45, 7) is 2.48. The molecule has 0 aliphatic rings. The smallest absolute Gasteiger partial charge is 0.222 e. The van der Waals surface area contributed by atoms with Crippen molar-refractivity contribution in [2.24, 2.45) is 5.73 Å². The predicted molar refractivity (Wildman–Crippen MR) is 61.2 cm³/mol. The van der Waals surface area contributed by atoms with E-state index in [1.165, 1.54) is 6.33 Å². The van der Waals surface area contributed by atoms with E-state index in [1.54, 1.807) is 12.3 Å². The molecule has 0 saturated heterocycles. The number of benzene rings is 1. The summed E-state index contributed by atoms with van der Waals surface area (Å²) in [5.41, 5.74) is 7.67. The first-order chi connectivity index (χ1) is 7.79. The fourth-order valence-electron chi connectivity index (χ4n) is 1.33. The first kappa shape index (κ1) is 10.6. The highest BCUT2D eigenvalue weighted by molar-refractivity contribution is 5.38. The van der Waals surface area contributed by atoms with Crippen molar-refractivity contribution >= 4 is 0 Å². The molecule has 1 heterocycles. The molecule has 2 N–H and O–H groups in total. The van der Waals surface area contributed by atoms with E-state index < -0.39 is 0 Å². The number of aryl methyl sites for hydroxylation is 1. The molecular weight excluding hydrogens is 202 g/mol. The highest BCUT2D eigenvalue weighted by Gasteiger charge is 2.03. The molecule has 0 aliphatic heterocycles. The van der Waals surface area contributed by atoms with Crippen molar-refractivity contribution in [3.8, 4) is 11.6 Å². The van der Waals surface area contributed by atoms with Crippen LogP contribution in [0.4, 0.5) is 0 Å². The summed E-state index contributed by atoms with van der Waals surface area (Å²) in [5.74, 6) is 1.31. The van der Waals surface area contributed by atoms with E-state index in [0.29, 0.717) is 12.4 Å². The van der Waals surface area contributed by atoms with Crippen LogP contribution in [-0.2, 0) is 6.54 Å². The molecule has 0 radical (unpaired) electrons. The van der Waals surface area contributed by atoms with Crippen molar-refractivity contribution in [3.05, 3.63) is 47.9 Å². The van der Waals surface area contributed by atoms with Crippen molar-refractivity contribution in [2.45, 2.75) is 13.5 Å². The second-order valence-electron chi connectivity index (χ2n) is 3.45. The van der Waals surface area contributed by atoms with Gasteiger partial charge in [-0.1, -0.05) is 12.1 Å². The summed E-state index contributed by atoms with van der Waals surface area (Å²) >= 11 is 0. The Balaban J connectivity index is 2.27. The number of aromatic nitrogens is 2. The molecule has 16 heavy (non-hydrogen) atoms. The van der Waals surface area contributed by atoms with Crippen molar-refractivity contribution in [1.82, 2.24) is 9.97 Å². The van der Waals surface area contributed by atoms with Gasteiger partial charge in [0.05, 0.1) is 0 Å². The standard InChI is InChI=1S/C12H13N3O/c1-9-2-3-10(7-13)6-11(9)16-12-4-5-14-8-15-12/h2-6,8H,7,13H2,1H3. The van der Waals surface area contributed by atoms with E-state index in [4.69, 9.17) is 10.5 Å². The van der Waals surface area contributed by atoms with Crippen molar-refractivity contribution < 1.29 is 4.74 Å². The van der Waals surface area contributed by atoms with Gasteiger partial charge in [0.15, 0.2) is 0 Å². The Morgan fingerprint density at radius 3 is 2.88 bits per heavy atom. The van der Waals surface area contributed by atoms with Gasteiger partial charge >= 0.3 is 0 Å². The van der Waals surface area contributed by atoms with E-state index in [-0.39, 0.29) is 0 Å². The van der Waals surface area contributed by atoms with Crippen LogP contribution in [0.25, 0.3) is 0 Å². The van der Waals surface area contributed by atoms with Gasteiger partial charge in [-0.25, -0.2) is 9.97 Å². The molecule has 82 valence electrons. The second kappa shape index (κ2) is 4.72. The number of nitrogens with two attached hydrogens (primary N) is 1. The van der Waals surface area contributed by atoms with Crippen molar-refractivity contribution in [3.63, 3.8) is 0 Å². The maximum Gasteiger partial charge on any atom is 0.222 e. The summed E-state index contributed by atoms with van der Waals surface area (Å²) in [6.07, 6.45) is 3.10. The number of rotatable bonds is 3. The lowest BCUT2D eigenvalue weighted by atomic mass is 10.1. The maximum atomic E-state index is 5.64. The number of nitrogens with zero attached hydrogens (tertiary/aromatic N) is 2. The summed E-state index contributed by atoms with van der Waals surface area (Å²) in [4.78, 5) is 7.84. The van der Waals surface area contributed by atoms with Crippen LogP contribution in [-0.4, -0.2) is 9.97 Å². The number of ether oxygens (including phenoxy) is 1. The van der Waals surface area contributed by atoms with E-state index in [9.17, 15) is 0 Å². The minimum atomic E-state index is 0.500. The van der Waals surface area contributed by atoms with Crippen molar-refractivity contribution in [2.75, 3.05) is 0 Å². The predicted octanol–water partition coefficient (Wildman–Crippen LogP) is 2.04. The summed E-state index contributed by atoms with van der Waals surface area (Å²) in [5, 5.41) is 0. The fraction of sp³-hybridized carbons (Fsp3) is 0.167. The largest absolute Gasteiger partial charge is 0.439 e. The Kier molecular flexibility index (Phi) is 3.12. The van der Waals surface area contributed by atoms with Gasteiger partial charge in [-0.05, 0) is 24.1 Å². The monoisotopic (exact) mass is 215 g/mol. The molecule has 0 unspecified atom stereocenters. The van der Waals surface area contributed by atoms with Gasteiger partial charge in [0.1, 0.15) is 12.1 Å². The van der Waals surface area contributed by atoms with E-state index in [1.807, 2.05) is 25.1 Å². The molecule has 0 amide bonds. The molecule has 0 saturated carbocycles. The normalized spacial score (nSPS) is 10.1. The molecule has 0 fully saturated rings. The Labute approximate surface area is 94.1 Å². The highest BCUT2D eigenvalue weighted by atomic mass is 16.5. The zero-order valence-electron chi connectivity index (χ0n) is 9.05. The van der Waals surface area contributed by atoms with Crippen molar-refractivity contribution in [1.29, 1.82) is 0 Å². The second-order valence-corrected chi connectivity index (χ2v) is 3.45. The van der Waals surface area contributed by atoms with E-state index in [2.05, 4.69) is 9.97 Å². The SMILES string of the molecule is Cc1ccc(CN)cc1Oc1ccncn1. The number of hydrogen-bond donors (Lipinski definition) is 1. The minimum absolute atomic E-state index is 0.500. The lowest BCUT2D eigenvalue weighted by Crippen LogP contribution is -1.98. The van der Waals surface area contributed by atoms with Crippen LogP contribution >= 0.6 is 0 Å². The maximum absolute atomic E-state index is 5.64. The zero-order valence-corrected chi connectivity index (χ0v) is 9.05. The molecule has 0 atom stereocenters. The van der Waals surface area contributed by atoms with E-state index in [0.717, 1.165) is 16.9 Å². The topological polar surface area (TPSA) is 61.0 Å².